The summed E-state index contributed by atoms with van der Waals surface area (Å²) in [6.07, 6.45) is 6.29. The van der Waals surface area contributed by atoms with E-state index in [1.807, 2.05) is 29.2 Å². The van der Waals surface area contributed by atoms with Crippen molar-refractivity contribution in [1.82, 2.24) is 10.3 Å². The second-order valence-corrected chi connectivity index (χ2v) is 5.38. The van der Waals surface area contributed by atoms with E-state index in [-0.39, 0.29) is 5.91 Å². The smallest absolute Gasteiger partial charge is 0.252 e. The van der Waals surface area contributed by atoms with Crippen LogP contribution in [0, 0.1) is 0 Å². The lowest BCUT2D eigenvalue weighted by Crippen LogP contribution is -2.22. The molecule has 0 unspecified atom stereocenters. The number of hydrogen-bond donors (Lipinski definition) is 1. The minimum atomic E-state index is -0.0203. The molecule has 0 aromatic carbocycles. The summed E-state index contributed by atoms with van der Waals surface area (Å²) in [5.74, 6) is 0.679. The van der Waals surface area contributed by atoms with E-state index in [0.29, 0.717) is 12.5 Å². The number of carbonyl (C=O) groups excluding carboxylic acids is 1. The molecule has 2 aromatic heterocycles. The first-order valence-corrected chi connectivity index (χ1v) is 7.01. The molecule has 0 bridgehead atoms. The van der Waals surface area contributed by atoms with Crippen molar-refractivity contribution in [3.8, 4) is 0 Å². The van der Waals surface area contributed by atoms with Gasteiger partial charge in [-0.3, -0.25) is 9.78 Å². The van der Waals surface area contributed by atoms with E-state index in [0.717, 1.165) is 11.1 Å². The Kier molecular flexibility index (Phi) is 3.11. The first-order valence-electron chi connectivity index (χ1n) is 6.07. The second-order valence-electron chi connectivity index (χ2n) is 4.60. The predicted molar refractivity (Wildman–Crippen MR) is 71.7 cm³/mol. The molecule has 0 atom stereocenters. The van der Waals surface area contributed by atoms with Crippen LogP contribution in [0.1, 0.15) is 40.2 Å². The summed E-state index contributed by atoms with van der Waals surface area (Å²) < 4.78 is 0. The highest BCUT2D eigenvalue weighted by Gasteiger charge is 2.23. The van der Waals surface area contributed by atoms with Gasteiger partial charge in [-0.25, -0.2) is 0 Å². The van der Waals surface area contributed by atoms with Gasteiger partial charge in [-0.2, -0.15) is 11.3 Å². The van der Waals surface area contributed by atoms with E-state index >= 15 is 0 Å². The molecule has 1 N–H and O–H groups in total. The topological polar surface area (TPSA) is 42.0 Å². The van der Waals surface area contributed by atoms with E-state index < -0.39 is 0 Å². The minimum Gasteiger partial charge on any atom is -0.348 e. The first kappa shape index (κ1) is 11.4. The third-order valence-corrected chi connectivity index (χ3v) is 3.78. The van der Waals surface area contributed by atoms with Crippen molar-refractivity contribution in [3.05, 3.63) is 52.0 Å². The molecule has 18 heavy (non-hydrogen) atoms. The number of thiophene rings is 1. The van der Waals surface area contributed by atoms with Gasteiger partial charge in [-0.15, -0.1) is 0 Å². The zero-order valence-corrected chi connectivity index (χ0v) is 10.7. The van der Waals surface area contributed by atoms with E-state index in [1.165, 1.54) is 29.7 Å². The Morgan fingerprint density at radius 3 is 3.06 bits per heavy atom. The molecule has 4 heteroatoms. The van der Waals surface area contributed by atoms with E-state index in [1.54, 1.807) is 0 Å². The fourth-order valence-corrected chi connectivity index (χ4v) is 2.56. The van der Waals surface area contributed by atoms with Crippen LogP contribution in [-0.4, -0.2) is 10.9 Å². The molecule has 2 aromatic rings. The van der Waals surface area contributed by atoms with Crippen LogP contribution in [0.15, 0.2) is 35.3 Å². The quantitative estimate of drug-likeness (QED) is 0.916. The van der Waals surface area contributed by atoms with Crippen LogP contribution in [0.25, 0.3) is 0 Å². The monoisotopic (exact) mass is 258 g/mol. The third kappa shape index (κ3) is 2.59. The van der Waals surface area contributed by atoms with Crippen molar-refractivity contribution in [3.63, 3.8) is 0 Å². The SMILES string of the molecule is O=C(NCc1cncc(C2CC2)c1)c1ccsc1. The molecule has 1 aliphatic rings. The lowest BCUT2D eigenvalue weighted by molar-refractivity contribution is 0.0951. The van der Waals surface area contributed by atoms with Crippen LogP contribution in [0.2, 0.25) is 0 Å². The van der Waals surface area contributed by atoms with E-state index in [4.69, 9.17) is 0 Å². The van der Waals surface area contributed by atoms with E-state index in [2.05, 4.69) is 16.4 Å². The number of rotatable bonds is 4. The van der Waals surface area contributed by atoms with Crippen molar-refractivity contribution in [2.24, 2.45) is 0 Å². The number of hydrogen-bond acceptors (Lipinski definition) is 3. The molecule has 3 nitrogen and oxygen atoms in total. The molecule has 1 aliphatic carbocycles. The van der Waals surface area contributed by atoms with Crippen molar-refractivity contribution in [1.29, 1.82) is 0 Å². The van der Waals surface area contributed by atoms with Crippen molar-refractivity contribution in [2.45, 2.75) is 25.3 Å². The number of nitrogens with zero attached hydrogens (tertiary/aromatic N) is 1. The zero-order chi connectivity index (χ0) is 12.4. The van der Waals surface area contributed by atoms with Gasteiger partial charge in [0.05, 0.1) is 0 Å². The summed E-state index contributed by atoms with van der Waals surface area (Å²) in [7, 11) is 0. The molecule has 1 amide bonds. The third-order valence-electron chi connectivity index (χ3n) is 3.10. The highest BCUT2D eigenvalue weighted by Crippen LogP contribution is 2.39. The van der Waals surface area contributed by atoms with Gasteiger partial charge in [0, 0.05) is 29.9 Å². The Balaban J connectivity index is 1.62. The maximum absolute atomic E-state index is 11.8. The Morgan fingerprint density at radius 1 is 1.44 bits per heavy atom. The Bertz CT molecular complexity index is 547. The zero-order valence-electron chi connectivity index (χ0n) is 9.93. The molecule has 3 rings (SSSR count). The maximum Gasteiger partial charge on any atom is 0.252 e. The largest absolute Gasteiger partial charge is 0.348 e. The van der Waals surface area contributed by atoms with Gasteiger partial charge in [0.1, 0.15) is 0 Å². The highest BCUT2D eigenvalue weighted by atomic mass is 32.1. The van der Waals surface area contributed by atoms with Crippen LogP contribution in [0.5, 0.6) is 0 Å². The maximum atomic E-state index is 11.8. The Hall–Kier alpha value is -1.68. The molecule has 2 heterocycles. The lowest BCUT2D eigenvalue weighted by atomic mass is 10.1. The molecule has 0 aliphatic heterocycles. The molecule has 0 spiro atoms. The molecular formula is C14H14N2OS. The van der Waals surface area contributed by atoms with Gasteiger partial charge in [0.25, 0.3) is 5.91 Å². The number of amides is 1. The highest BCUT2D eigenvalue weighted by molar-refractivity contribution is 7.08. The Labute approximate surface area is 110 Å². The summed E-state index contributed by atoms with van der Waals surface area (Å²) in [6.45, 7) is 0.544. The first-order chi connectivity index (χ1) is 8.83. The van der Waals surface area contributed by atoms with Crippen LogP contribution in [-0.2, 0) is 6.54 Å². The second kappa shape index (κ2) is 4.90. The number of nitrogens with one attached hydrogen (secondary N) is 1. The summed E-state index contributed by atoms with van der Waals surface area (Å²) in [5.41, 5.74) is 3.10. The average molecular weight is 258 g/mol. The van der Waals surface area contributed by atoms with Gasteiger partial charge < -0.3 is 5.32 Å². The number of aromatic nitrogens is 1. The summed E-state index contributed by atoms with van der Waals surface area (Å²) in [5, 5.41) is 6.68. The van der Waals surface area contributed by atoms with E-state index in [9.17, 15) is 4.79 Å². The van der Waals surface area contributed by atoms with Gasteiger partial charge >= 0.3 is 0 Å². The van der Waals surface area contributed by atoms with Crippen molar-refractivity contribution < 1.29 is 4.79 Å². The van der Waals surface area contributed by atoms with Gasteiger partial charge in [0.2, 0.25) is 0 Å². The average Bonchev–Trinajstić information content (AvgIpc) is 3.11. The van der Waals surface area contributed by atoms with Gasteiger partial charge in [0.15, 0.2) is 0 Å². The molecule has 1 saturated carbocycles. The number of pyridine rings is 1. The summed E-state index contributed by atoms with van der Waals surface area (Å²) >= 11 is 1.53. The number of carbonyl (C=O) groups is 1. The molecule has 92 valence electrons. The molecule has 0 saturated heterocycles. The molecule has 0 radical (unpaired) electrons. The standard InChI is InChI=1S/C14H14N2OS/c17-14(12-3-4-18-9-12)16-7-10-5-13(8-15-6-10)11-1-2-11/h3-6,8-9,11H,1-2,7H2,(H,16,17). The normalized spacial score (nSPS) is 14.4. The molecule has 1 fully saturated rings. The van der Waals surface area contributed by atoms with Gasteiger partial charge in [-0.1, -0.05) is 6.07 Å². The predicted octanol–water partition coefficient (Wildman–Crippen LogP) is 2.95. The fraction of sp³-hybridized carbons (Fsp3) is 0.286. The summed E-state index contributed by atoms with van der Waals surface area (Å²) in [6, 6.07) is 3.98. The van der Waals surface area contributed by atoms with Crippen LogP contribution in [0.3, 0.4) is 0 Å². The summed E-state index contributed by atoms with van der Waals surface area (Å²) in [4.78, 5) is 16.0. The van der Waals surface area contributed by atoms with Crippen molar-refractivity contribution >= 4 is 17.2 Å². The van der Waals surface area contributed by atoms with Crippen LogP contribution < -0.4 is 5.32 Å². The fourth-order valence-electron chi connectivity index (χ4n) is 1.92. The Morgan fingerprint density at radius 2 is 2.33 bits per heavy atom. The van der Waals surface area contributed by atoms with Gasteiger partial charge in [-0.05, 0) is 41.3 Å². The lowest BCUT2D eigenvalue weighted by Gasteiger charge is -2.05. The minimum absolute atomic E-state index is 0.0203. The van der Waals surface area contributed by atoms with Crippen molar-refractivity contribution in [2.75, 3.05) is 0 Å². The van der Waals surface area contributed by atoms with Crippen LogP contribution >= 0.6 is 11.3 Å². The molecular weight excluding hydrogens is 244 g/mol. The van der Waals surface area contributed by atoms with Crippen LogP contribution in [0.4, 0.5) is 0 Å².